The smallest absolute Gasteiger partial charge is 0.337 e. The molecule has 0 fully saturated rings. The number of aromatic carboxylic acids is 1. The lowest BCUT2D eigenvalue weighted by Crippen LogP contribution is -2.15. The zero-order valence-corrected chi connectivity index (χ0v) is 11.8. The Hall–Kier alpha value is -2.13. The molecule has 0 aliphatic carbocycles. The third-order valence-corrected chi connectivity index (χ3v) is 5.40. The predicted octanol–water partition coefficient (Wildman–Crippen LogP) is 1.24. The number of carboxylic acid groups (broad SMARTS) is 1. The zero-order valence-electron chi connectivity index (χ0n) is 10.2. The molecule has 20 heavy (non-hydrogen) atoms. The van der Waals surface area contributed by atoms with Gasteiger partial charge in [-0.2, -0.15) is 0 Å². The number of thiazole rings is 1. The molecule has 9 heteroatoms. The number of hydrogen-bond acceptors (Lipinski definition) is 5. The molecule has 1 aromatic heterocycles. The Labute approximate surface area is 118 Å². The number of nitrogens with one attached hydrogen (secondary N) is 2. The molecule has 0 aliphatic heterocycles. The van der Waals surface area contributed by atoms with Crippen LogP contribution in [0.25, 0.3) is 0 Å². The number of anilines is 1. The van der Waals surface area contributed by atoms with E-state index in [1.165, 1.54) is 31.2 Å². The first-order valence-electron chi connectivity index (χ1n) is 5.36. The topological polar surface area (TPSA) is 116 Å². The minimum Gasteiger partial charge on any atom is -0.478 e. The van der Waals surface area contributed by atoms with Crippen molar-refractivity contribution in [2.75, 3.05) is 4.72 Å². The van der Waals surface area contributed by atoms with Crippen molar-refractivity contribution in [1.29, 1.82) is 0 Å². The summed E-state index contributed by atoms with van der Waals surface area (Å²) in [6, 6.07) is 5.62. The van der Waals surface area contributed by atoms with Crippen molar-refractivity contribution in [3.63, 3.8) is 0 Å². The first-order valence-corrected chi connectivity index (χ1v) is 7.66. The normalized spacial score (nSPS) is 11.2. The van der Waals surface area contributed by atoms with E-state index in [9.17, 15) is 18.0 Å². The van der Waals surface area contributed by atoms with Gasteiger partial charge in [-0.1, -0.05) is 23.5 Å². The van der Waals surface area contributed by atoms with Crippen molar-refractivity contribution in [3.05, 3.63) is 45.2 Å². The molecular weight excluding hydrogens is 304 g/mol. The van der Waals surface area contributed by atoms with Gasteiger partial charge in [-0.15, -0.1) is 0 Å². The highest BCUT2D eigenvalue weighted by Crippen LogP contribution is 2.22. The van der Waals surface area contributed by atoms with E-state index in [2.05, 4.69) is 9.71 Å². The third-order valence-electron chi connectivity index (χ3n) is 2.43. The van der Waals surface area contributed by atoms with Gasteiger partial charge in [0, 0.05) is 5.69 Å². The van der Waals surface area contributed by atoms with Gasteiger partial charge in [0.1, 0.15) is 0 Å². The van der Waals surface area contributed by atoms with E-state index in [0.29, 0.717) is 11.3 Å². The van der Waals surface area contributed by atoms with Crippen molar-refractivity contribution in [1.82, 2.24) is 4.98 Å². The number of H-pyrrole nitrogens is 1. The van der Waals surface area contributed by atoms with E-state index < -0.39 is 20.9 Å². The monoisotopic (exact) mass is 314 g/mol. The summed E-state index contributed by atoms with van der Waals surface area (Å²) in [5, 5.41) is 9.00. The molecule has 1 aromatic carbocycles. The summed E-state index contributed by atoms with van der Waals surface area (Å²) in [5.41, 5.74) is -0.0165. The van der Waals surface area contributed by atoms with Crippen molar-refractivity contribution in [2.45, 2.75) is 11.1 Å². The summed E-state index contributed by atoms with van der Waals surface area (Å²) in [6.45, 7) is 1.45. The van der Waals surface area contributed by atoms with E-state index in [4.69, 9.17) is 5.11 Å². The average molecular weight is 314 g/mol. The van der Waals surface area contributed by atoms with Crippen molar-refractivity contribution in [2.24, 2.45) is 0 Å². The summed E-state index contributed by atoms with van der Waals surface area (Å²) in [4.78, 5) is 24.1. The van der Waals surface area contributed by atoms with E-state index in [-0.39, 0.29) is 21.2 Å². The van der Waals surface area contributed by atoms with Gasteiger partial charge in [0.05, 0.1) is 11.3 Å². The Morgan fingerprint density at radius 2 is 2.00 bits per heavy atom. The van der Waals surface area contributed by atoms with Gasteiger partial charge in [0.2, 0.25) is 0 Å². The minimum atomic E-state index is -4.01. The highest BCUT2D eigenvalue weighted by atomic mass is 32.2. The minimum absolute atomic E-state index is 0.0553. The van der Waals surface area contributed by atoms with Gasteiger partial charge < -0.3 is 10.1 Å². The number of benzene rings is 1. The second-order valence-corrected chi connectivity index (χ2v) is 6.74. The SMILES string of the molecule is Cc1[nH]c(=O)sc1S(=O)(=O)Nc1ccccc1C(=O)O. The van der Waals surface area contributed by atoms with Gasteiger partial charge >= 0.3 is 10.8 Å². The highest BCUT2D eigenvalue weighted by Gasteiger charge is 2.22. The maximum atomic E-state index is 12.2. The lowest BCUT2D eigenvalue weighted by atomic mass is 10.2. The molecule has 0 bridgehead atoms. The zero-order chi connectivity index (χ0) is 14.9. The summed E-state index contributed by atoms with van der Waals surface area (Å²) in [5.74, 6) is -1.25. The van der Waals surface area contributed by atoms with Crippen LogP contribution >= 0.6 is 11.3 Å². The summed E-state index contributed by atoms with van der Waals surface area (Å²) >= 11 is 0.546. The molecule has 0 saturated heterocycles. The number of carbonyl (C=O) groups is 1. The van der Waals surface area contributed by atoms with Crippen LogP contribution in [0.15, 0.2) is 33.3 Å². The van der Waals surface area contributed by atoms with Crippen LogP contribution in [0.4, 0.5) is 5.69 Å². The molecule has 7 nitrogen and oxygen atoms in total. The van der Waals surface area contributed by atoms with Crippen LogP contribution in [0, 0.1) is 6.92 Å². The van der Waals surface area contributed by atoms with Crippen LogP contribution in [0.1, 0.15) is 16.1 Å². The second kappa shape index (κ2) is 5.10. The van der Waals surface area contributed by atoms with Gasteiger partial charge in [-0.3, -0.25) is 9.52 Å². The van der Waals surface area contributed by atoms with Gasteiger partial charge in [-0.25, -0.2) is 13.2 Å². The number of aryl methyl sites for hydroxylation is 1. The Morgan fingerprint density at radius 1 is 1.35 bits per heavy atom. The Morgan fingerprint density at radius 3 is 2.55 bits per heavy atom. The van der Waals surface area contributed by atoms with E-state index in [1.54, 1.807) is 0 Å². The van der Waals surface area contributed by atoms with E-state index in [1.807, 2.05) is 0 Å². The molecule has 0 unspecified atom stereocenters. The van der Waals surface area contributed by atoms with Crippen molar-refractivity contribution in [3.8, 4) is 0 Å². The molecule has 2 rings (SSSR count). The predicted molar refractivity (Wildman–Crippen MR) is 73.9 cm³/mol. The van der Waals surface area contributed by atoms with Crippen molar-refractivity contribution < 1.29 is 18.3 Å². The summed E-state index contributed by atoms with van der Waals surface area (Å²) in [7, 11) is -4.01. The fourth-order valence-corrected chi connectivity index (χ4v) is 3.98. The number of carboxylic acids is 1. The number of para-hydroxylation sites is 1. The average Bonchev–Trinajstić information content (AvgIpc) is 2.69. The first-order chi connectivity index (χ1) is 9.31. The lowest BCUT2D eigenvalue weighted by molar-refractivity contribution is 0.0698. The van der Waals surface area contributed by atoms with Gasteiger partial charge in [-0.05, 0) is 19.1 Å². The lowest BCUT2D eigenvalue weighted by Gasteiger charge is -2.09. The Bertz CT molecular complexity index is 819. The number of aromatic nitrogens is 1. The molecule has 0 atom stereocenters. The quantitative estimate of drug-likeness (QED) is 0.785. The maximum Gasteiger partial charge on any atom is 0.337 e. The molecule has 0 spiro atoms. The van der Waals surface area contributed by atoms with E-state index in [0.717, 1.165) is 0 Å². The molecular formula is C11H10N2O5S2. The Balaban J connectivity index is 2.47. The standard InChI is InChI=1S/C11H10N2O5S2/c1-6-10(19-11(16)12-6)20(17,18)13-8-5-3-2-4-7(8)9(14)15/h2-5,13H,1H3,(H,12,16)(H,14,15). The number of hydrogen-bond donors (Lipinski definition) is 3. The van der Waals surface area contributed by atoms with Crippen LogP contribution < -0.4 is 9.60 Å². The molecule has 1 heterocycles. The van der Waals surface area contributed by atoms with Gasteiger partial charge in [0.25, 0.3) is 10.0 Å². The largest absolute Gasteiger partial charge is 0.478 e. The summed E-state index contributed by atoms with van der Waals surface area (Å²) < 4.78 is 26.3. The summed E-state index contributed by atoms with van der Waals surface area (Å²) in [6.07, 6.45) is 0. The first kappa shape index (κ1) is 14.3. The second-order valence-electron chi connectivity index (χ2n) is 3.88. The number of rotatable bonds is 4. The molecule has 106 valence electrons. The fourth-order valence-electron chi connectivity index (χ4n) is 1.60. The molecule has 0 saturated carbocycles. The van der Waals surface area contributed by atoms with E-state index >= 15 is 0 Å². The number of aromatic amines is 1. The Kier molecular flexibility index (Phi) is 3.64. The maximum absolute atomic E-state index is 12.2. The fraction of sp³-hybridized carbons (Fsp3) is 0.0909. The molecule has 0 radical (unpaired) electrons. The van der Waals surface area contributed by atoms with Crippen LogP contribution in [0.5, 0.6) is 0 Å². The molecule has 3 N–H and O–H groups in total. The van der Waals surface area contributed by atoms with Gasteiger partial charge in [0.15, 0.2) is 4.21 Å². The molecule has 2 aromatic rings. The molecule has 0 amide bonds. The number of sulfonamides is 1. The van der Waals surface area contributed by atoms with Crippen LogP contribution in [0.3, 0.4) is 0 Å². The van der Waals surface area contributed by atoms with Crippen LogP contribution in [-0.2, 0) is 10.0 Å². The molecule has 0 aliphatic rings. The van der Waals surface area contributed by atoms with Crippen molar-refractivity contribution >= 4 is 33.0 Å². The highest BCUT2D eigenvalue weighted by molar-refractivity contribution is 7.94. The van der Waals surface area contributed by atoms with Crippen LogP contribution in [-0.4, -0.2) is 24.5 Å². The van der Waals surface area contributed by atoms with Crippen LogP contribution in [0.2, 0.25) is 0 Å². The third kappa shape index (κ3) is 2.73.